The Morgan fingerprint density at radius 1 is 1.46 bits per heavy atom. The number of nitro groups is 1. The van der Waals surface area contributed by atoms with Crippen molar-refractivity contribution < 1.29 is 9.66 Å². The van der Waals surface area contributed by atoms with E-state index in [2.05, 4.69) is 17.1 Å². The third kappa shape index (κ3) is 5.49. The molecule has 0 bridgehead atoms. The van der Waals surface area contributed by atoms with Crippen LogP contribution in [0.2, 0.25) is 0 Å². The van der Waals surface area contributed by atoms with Gasteiger partial charge in [0.15, 0.2) is 5.96 Å². The Labute approximate surface area is 142 Å². The van der Waals surface area contributed by atoms with Crippen molar-refractivity contribution in [1.29, 1.82) is 0 Å². The Balaban J connectivity index is 2.03. The van der Waals surface area contributed by atoms with Crippen molar-refractivity contribution in [1.82, 2.24) is 10.2 Å². The van der Waals surface area contributed by atoms with Gasteiger partial charge in [-0.3, -0.25) is 10.1 Å². The lowest BCUT2D eigenvalue weighted by Gasteiger charge is -2.33. The Kier molecular flexibility index (Phi) is 6.99. The summed E-state index contributed by atoms with van der Waals surface area (Å²) in [6.45, 7) is 6.09. The summed E-state index contributed by atoms with van der Waals surface area (Å²) in [5.74, 6) is 1.55. The molecular formula is C17H26N4O3. The van der Waals surface area contributed by atoms with E-state index in [-0.39, 0.29) is 10.6 Å². The van der Waals surface area contributed by atoms with Crippen LogP contribution in [0.5, 0.6) is 0 Å². The molecule has 7 nitrogen and oxygen atoms in total. The number of hydrogen-bond acceptors (Lipinski definition) is 4. The first-order chi connectivity index (χ1) is 11.6. The quantitative estimate of drug-likeness (QED) is 0.284. The van der Waals surface area contributed by atoms with Gasteiger partial charge in [-0.05, 0) is 24.3 Å². The first-order valence-corrected chi connectivity index (χ1v) is 8.35. The minimum absolute atomic E-state index is 0.103. The number of nitrogens with zero attached hydrogens (tertiary/aromatic N) is 3. The van der Waals surface area contributed by atoms with E-state index in [0.717, 1.165) is 24.6 Å². The maximum Gasteiger partial charge on any atom is 0.269 e. The summed E-state index contributed by atoms with van der Waals surface area (Å²) >= 11 is 0. The van der Waals surface area contributed by atoms with Crippen LogP contribution in [0.15, 0.2) is 29.3 Å². The SMILES string of the molecule is COCCNC(=NCc1ccc([N+](=O)[O-])cc1)N1CCCC(C)C1. The number of benzene rings is 1. The van der Waals surface area contributed by atoms with Crippen LogP contribution in [-0.4, -0.2) is 49.1 Å². The molecule has 7 heteroatoms. The summed E-state index contributed by atoms with van der Waals surface area (Å²) in [5.41, 5.74) is 1.06. The van der Waals surface area contributed by atoms with Gasteiger partial charge in [0, 0.05) is 38.9 Å². The molecule has 1 aliphatic rings. The Hall–Kier alpha value is -2.15. The number of piperidine rings is 1. The van der Waals surface area contributed by atoms with E-state index in [1.54, 1.807) is 19.2 Å². The number of aliphatic imine (C=N–C) groups is 1. The molecule has 0 radical (unpaired) electrons. The van der Waals surface area contributed by atoms with Gasteiger partial charge in [0.25, 0.3) is 5.69 Å². The lowest BCUT2D eigenvalue weighted by atomic mass is 10.0. The number of nitrogens with one attached hydrogen (secondary N) is 1. The predicted molar refractivity (Wildman–Crippen MR) is 94.1 cm³/mol. The zero-order valence-electron chi connectivity index (χ0n) is 14.4. The number of ether oxygens (including phenoxy) is 1. The average Bonchev–Trinajstić information content (AvgIpc) is 2.58. The Bertz CT molecular complexity index is 559. The topological polar surface area (TPSA) is 80.0 Å². The zero-order chi connectivity index (χ0) is 17.4. The van der Waals surface area contributed by atoms with Crippen molar-refractivity contribution in [2.75, 3.05) is 33.4 Å². The van der Waals surface area contributed by atoms with Gasteiger partial charge in [0.1, 0.15) is 0 Å². The first kappa shape index (κ1) is 18.2. The summed E-state index contributed by atoms with van der Waals surface area (Å²) in [7, 11) is 1.68. The lowest BCUT2D eigenvalue weighted by Crippen LogP contribution is -2.47. The van der Waals surface area contributed by atoms with E-state index in [9.17, 15) is 10.1 Å². The minimum Gasteiger partial charge on any atom is -0.383 e. The minimum atomic E-state index is -0.389. The predicted octanol–water partition coefficient (Wildman–Crippen LogP) is 2.42. The highest BCUT2D eigenvalue weighted by Gasteiger charge is 2.19. The number of likely N-dealkylation sites (tertiary alicyclic amines) is 1. The van der Waals surface area contributed by atoms with Crippen LogP contribution < -0.4 is 5.32 Å². The van der Waals surface area contributed by atoms with E-state index in [4.69, 9.17) is 9.73 Å². The van der Waals surface area contributed by atoms with E-state index >= 15 is 0 Å². The van der Waals surface area contributed by atoms with Crippen LogP contribution in [0.3, 0.4) is 0 Å². The summed E-state index contributed by atoms with van der Waals surface area (Å²) in [4.78, 5) is 17.3. The fraction of sp³-hybridized carbons (Fsp3) is 0.588. The van der Waals surface area contributed by atoms with E-state index in [0.29, 0.717) is 25.6 Å². The molecule has 2 rings (SSSR count). The number of rotatable bonds is 6. The lowest BCUT2D eigenvalue weighted by molar-refractivity contribution is -0.384. The van der Waals surface area contributed by atoms with Crippen molar-refractivity contribution in [3.63, 3.8) is 0 Å². The standard InChI is InChI=1S/C17H26N4O3/c1-14-4-3-10-20(13-14)17(18-9-11-24-2)19-12-15-5-7-16(8-6-15)21(22)23/h5-8,14H,3-4,9-13H2,1-2H3,(H,18,19). The zero-order valence-corrected chi connectivity index (χ0v) is 14.4. The van der Waals surface area contributed by atoms with Crippen LogP contribution in [0.4, 0.5) is 5.69 Å². The van der Waals surface area contributed by atoms with Gasteiger partial charge >= 0.3 is 0 Å². The number of hydrogen-bond donors (Lipinski definition) is 1. The molecule has 0 aliphatic carbocycles. The molecule has 1 N–H and O–H groups in total. The third-order valence-electron chi connectivity index (χ3n) is 4.10. The summed E-state index contributed by atoms with van der Waals surface area (Å²) in [6, 6.07) is 6.55. The number of guanidine groups is 1. The smallest absolute Gasteiger partial charge is 0.269 e. The van der Waals surface area contributed by atoms with Crippen LogP contribution in [0.25, 0.3) is 0 Å². The fourth-order valence-corrected chi connectivity index (χ4v) is 2.80. The van der Waals surface area contributed by atoms with Gasteiger partial charge in [0.05, 0.1) is 18.1 Å². The monoisotopic (exact) mass is 334 g/mol. The number of nitro benzene ring substituents is 1. The van der Waals surface area contributed by atoms with Crippen molar-refractivity contribution in [3.05, 3.63) is 39.9 Å². The summed E-state index contributed by atoms with van der Waals surface area (Å²) in [5, 5.41) is 14.1. The van der Waals surface area contributed by atoms with Gasteiger partial charge in [-0.15, -0.1) is 0 Å². The molecule has 1 heterocycles. The second-order valence-corrected chi connectivity index (χ2v) is 6.18. The van der Waals surface area contributed by atoms with Crippen LogP contribution >= 0.6 is 0 Å². The maximum absolute atomic E-state index is 10.7. The van der Waals surface area contributed by atoms with Gasteiger partial charge in [-0.25, -0.2) is 4.99 Å². The highest BCUT2D eigenvalue weighted by molar-refractivity contribution is 5.80. The Morgan fingerprint density at radius 2 is 2.21 bits per heavy atom. The molecule has 1 aromatic carbocycles. The highest BCUT2D eigenvalue weighted by atomic mass is 16.6. The van der Waals surface area contributed by atoms with E-state index in [1.807, 2.05) is 0 Å². The summed E-state index contributed by atoms with van der Waals surface area (Å²) in [6.07, 6.45) is 2.42. The number of methoxy groups -OCH3 is 1. The van der Waals surface area contributed by atoms with Crippen molar-refractivity contribution in [2.24, 2.45) is 10.9 Å². The van der Waals surface area contributed by atoms with Crippen molar-refractivity contribution in [3.8, 4) is 0 Å². The maximum atomic E-state index is 10.7. The van der Waals surface area contributed by atoms with Crippen molar-refractivity contribution in [2.45, 2.75) is 26.3 Å². The molecule has 0 spiro atoms. The number of non-ortho nitro benzene ring substituents is 1. The third-order valence-corrected chi connectivity index (χ3v) is 4.10. The van der Waals surface area contributed by atoms with Crippen molar-refractivity contribution >= 4 is 11.6 Å². The molecule has 0 aromatic heterocycles. The molecule has 1 fully saturated rings. The molecule has 1 aromatic rings. The molecule has 24 heavy (non-hydrogen) atoms. The fourth-order valence-electron chi connectivity index (χ4n) is 2.80. The Morgan fingerprint density at radius 3 is 2.83 bits per heavy atom. The summed E-state index contributed by atoms with van der Waals surface area (Å²) < 4.78 is 5.10. The second-order valence-electron chi connectivity index (χ2n) is 6.18. The molecule has 1 saturated heterocycles. The van der Waals surface area contributed by atoms with Crippen LogP contribution in [0, 0.1) is 16.0 Å². The molecule has 0 amide bonds. The highest BCUT2D eigenvalue weighted by Crippen LogP contribution is 2.16. The largest absolute Gasteiger partial charge is 0.383 e. The van der Waals surface area contributed by atoms with E-state index < -0.39 is 0 Å². The molecule has 1 unspecified atom stereocenters. The van der Waals surface area contributed by atoms with Gasteiger partial charge in [-0.2, -0.15) is 0 Å². The average molecular weight is 334 g/mol. The second kappa shape index (κ2) is 9.22. The molecule has 0 saturated carbocycles. The van der Waals surface area contributed by atoms with Crippen LogP contribution in [0.1, 0.15) is 25.3 Å². The molecule has 1 aliphatic heterocycles. The first-order valence-electron chi connectivity index (χ1n) is 8.35. The molecule has 1 atom stereocenters. The van der Waals surface area contributed by atoms with E-state index in [1.165, 1.54) is 25.0 Å². The van der Waals surface area contributed by atoms with Crippen LogP contribution in [-0.2, 0) is 11.3 Å². The van der Waals surface area contributed by atoms with Gasteiger partial charge < -0.3 is 15.0 Å². The van der Waals surface area contributed by atoms with Gasteiger partial charge in [0.2, 0.25) is 0 Å². The molecule has 132 valence electrons. The van der Waals surface area contributed by atoms with Gasteiger partial charge in [-0.1, -0.05) is 19.1 Å². The molecular weight excluding hydrogens is 308 g/mol. The normalized spacial score (nSPS) is 18.5.